The molecule has 0 unspecified atom stereocenters. The van der Waals surface area contributed by atoms with Gasteiger partial charge in [-0.1, -0.05) is 12.1 Å². The Hall–Kier alpha value is -0.890. The van der Waals surface area contributed by atoms with E-state index in [0.29, 0.717) is 5.75 Å². The van der Waals surface area contributed by atoms with Crippen LogP contribution in [-0.2, 0) is 5.75 Å². The van der Waals surface area contributed by atoms with Gasteiger partial charge in [0.1, 0.15) is 11.3 Å². The average Bonchev–Trinajstić information content (AvgIpc) is 2.46. The molecule has 1 aromatic carbocycles. The van der Waals surface area contributed by atoms with Crippen molar-refractivity contribution >= 4 is 23.6 Å². The van der Waals surface area contributed by atoms with Crippen LogP contribution >= 0.6 is 12.6 Å². The van der Waals surface area contributed by atoms with Crippen molar-refractivity contribution in [3.8, 4) is 0 Å². The van der Waals surface area contributed by atoms with E-state index in [0.717, 1.165) is 16.7 Å². The van der Waals surface area contributed by atoms with Crippen LogP contribution in [0.5, 0.6) is 0 Å². The maximum atomic E-state index is 5.52. The predicted octanol–water partition coefficient (Wildman–Crippen LogP) is 3.17. The van der Waals surface area contributed by atoms with E-state index in [-0.39, 0.29) is 0 Å². The monoisotopic (exact) mass is 178 g/mol. The number of hydrogen-bond donors (Lipinski definition) is 1. The Labute approximate surface area is 76.8 Å². The Morgan fingerprint density at radius 3 is 2.92 bits per heavy atom. The van der Waals surface area contributed by atoms with Crippen LogP contribution in [0, 0.1) is 6.92 Å². The molecular weight excluding hydrogens is 168 g/mol. The Morgan fingerprint density at radius 2 is 2.17 bits per heavy atom. The summed E-state index contributed by atoms with van der Waals surface area (Å²) in [6.45, 7) is 2.06. The van der Waals surface area contributed by atoms with Crippen LogP contribution in [0.25, 0.3) is 11.0 Å². The molecule has 2 aromatic rings. The molecule has 1 heterocycles. The summed E-state index contributed by atoms with van der Waals surface area (Å²) in [6, 6.07) is 8.23. The van der Waals surface area contributed by atoms with Crippen molar-refractivity contribution in [2.45, 2.75) is 12.7 Å². The molecule has 0 aliphatic heterocycles. The second kappa shape index (κ2) is 2.87. The fourth-order valence-corrected chi connectivity index (χ4v) is 1.43. The molecule has 1 nitrogen and oxygen atoms in total. The van der Waals surface area contributed by atoms with Gasteiger partial charge in [-0.05, 0) is 24.6 Å². The minimum Gasteiger partial charge on any atom is -0.460 e. The number of benzene rings is 1. The van der Waals surface area contributed by atoms with E-state index in [1.807, 2.05) is 12.1 Å². The van der Waals surface area contributed by atoms with E-state index in [4.69, 9.17) is 4.42 Å². The van der Waals surface area contributed by atoms with Crippen LogP contribution in [-0.4, -0.2) is 0 Å². The molecular formula is C10H10OS. The zero-order chi connectivity index (χ0) is 8.55. The van der Waals surface area contributed by atoms with Crippen LogP contribution in [0.1, 0.15) is 11.3 Å². The van der Waals surface area contributed by atoms with Crippen molar-refractivity contribution in [2.24, 2.45) is 0 Å². The zero-order valence-electron chi connectivity index (χ0n) is 6.87. The first-order chi connectivity index (χ1) is 5.79. The third-order valence-electron chi connectivity index (χ3n) is 1.88. The van der Waals surface area contributed by atoms with Gasteiger partial charge >= 0.3 is 0 Å². The lowest BCUT2D eigenvalue weighted by atomic mass is 10.2. The summed E-state index contributed by atoms with van der Waals surface area (Å²) in [5, 5.41) is 1.16. The van der Waals surface area contributed by atoms with Gasteiger partial charge in [-0.15, -0.1) is 0 Å². The minimum absolute atomic E-state index is 0.660. The standard InChI is InChI=1S/C10H10OS/c1-7-2-3-8-5-9(6-12)11-10(8)4-7/h2-5,12H,6H2,1H3. The van der Waals surface area contributed by atoms with Gasteiger partial charge in [-0.3, -0.25) is 0 Å². The summed E-state index contributed by atoms with van der Waals surface area (Å²) >= 11 is 4.15. The Kier molecular flexibility index (Phi) is 1.85. The predicted molar refractivity (Wildman–Crippen MR) is 53.6 cm³/mol. The Bertz CT molecular complexity index is 403. The highest BCUT2D eigenvalue weighted by Gasteiger charge is 2.00. The van der Waals surface area contributed by atoms with E-state index in [9.17, 15) is 0 Å². The number of hydrogen-bond acceptors (Lipinski definition) is 2. The molecule has 0 amide bonds. The minimum atomic E-state index is 0.660. The summed E-state index contributed by atoms with van der Waals surface area (Å²) < 4.78 is 5.52. The van der Waals surface area contributed by atoms with E-state index < -0.39 is 0 Å². The topological polar surface area (TPSA) is 13.1 Å². The molecule has 0 saturated carbocycles. The summed E-state index contributed by atoms with van der Waals surface area (Å²) in [4.78, 5) is 0. The van der Waals surface area contributed by atoms with Crippen LogP contribution in [0.15, 0.2) is 28.7 Å². The SMILES string of the molecule is Cc1ccc2cc(CS)oc2c1. The summed E-state index contributed by atoms with van der Waals surface area (Å²) in [6.07, 6.45) is 0. The van der Waals surface area contributed by atoms with Gasteiger partial charge in [0.25, 0.3) is 0 Å². The second-order valence-electron chi connectivity index (χ2n) is 2.91. The van der Waals surface area contributed by atoms with Gasteiger partial charge in [0.15, 0.2) is 0 Å². The van der Waals surface area contributed by atoms with E-state index in [1.165, 1.54) is 5.56 Å². The van der Waals surface area contributed by atoms with Gasteiger partial charge in [-0.2, -0.15) is 12.6 Å². The normalized spacial score (nSPS) is 10.8. The molecule has 2 heteroatoms. The van der Waals surface area contributed by atoms with Crippen LogP contribution < -0.4 is 0 Å². The van der Waals surface area contributed by atoms with Crippen molar-refractivity contribution < 1.29 is 4.42 Å². The highest BCUT2D eigenvalue weighted by molar-refractivity contribution is 7.79. The second-order valence-corrected chi connectivity index (χ2v) is 3.23. The first kappa shape index (κ1) is 7.74. The third kappa shape index (κ3) is 1.23. The number of aryl methyl sites for hydroxylation is 1. The summed E-state index contributed by atoms with van der Waals surface area (Å²) in [7, 11) is 0. The van der Waals surface area contributed by atoms with Gasteiger partial charge in [0, 0.05) is 11.1 Å². The lowest BCUT2D eigenvalue weighted by Gasteiger charge is -1.89. The smallest absolute Gasteiger partial charge is 0.134 e. The van der Waals surface area contributed by atoms with Crippen molar-refractivity contribution in [1.29, 1.82) is 0 Å². The Morgan fingerprint density at radius 1 is 1.33 bits per heavy atom. The van der Waals surface area contributed by atoms with E-state index in [2.05, 4.69) is 31.7 Å². The number of furan rings is 1. The third-order valence-corrected chi connectivity index (χ3v) is 2.19. The highest BCUT2D eigenvalue weighted by atomic mass is 32.1. The van der Waals surface area contributed by atoms with E-state index >= 15 is 0 Å². The number of rotatable bonds is 1. The van der Waals surface area contributed by atoms with Crippen molar-refractivity contribution in [3.63, 3.8) is 0 Å². The summed E-state index contributed by atoms with van der Waals surface area (Å²) in [5.74, 6) is 1.59. The quantitative estimate of drug-likeness (QED) is 0.662. The van der Waals surface area contributed by atoms with Crippen LogP contribution in [0.2, 0.25) is 0 Å². The molecule has 0 atom stereocenters. The maximum absolute atomic E-state index is 5.52. The fourth-order valence-electron chi connectivity index (χ4n) is 1.27. The number of thiol groups is 1. The lowest BCUT2D eigenvalue weighted by molar-refractivity contribution is 0.574. The largest absolute Gasteiger partial charge is 0.460 e. The fraction of sp³-hybridized carbons (Fsp3) is 0.200. The maximum Gasteiger partial charge on any atom is 0.134 e. The molecule has 0 aliphatic carbocycles. The molecule has 12 heavy (non-hydrogen) atoms. The van der Waals surface area contributed by atoms with Gasteiger partial charge < -0.3 is 4.42 Å². The average molecular weight is 178 g/mol. The molecule has 0 spiro atoms. The van der Waals surface area contributed by atoms with Gasteiger partial charge in [0.05, 0.1) is 0 Å². The number of fused-ring (bicyclic) bond motifs is 1. The molecule has 0 fully saturated rings. The first-order valence-corrected chi connectivity index (χ1v) is 4.53. The van der Waals surface area contributed by atoms with Crippen LogP contribution in [0.3, 0.4) is 0 Å². The molecule has 0 bridgehead atoms. The van der Waals surface area contributed by atoms with Crippen molar-refractivity contribution in [1.82, 2.24) is 0 Å². The molecule has 1 aromatic heterocycles. The zero-order valence-corrected chi connectivity index (χ0v) is 7.77. The van der Waals surface area contributed by atoms with Crippen LogP contribution in [0.4, 0.5) is 0 Å². The van der Waals surface area contributed by atoms with Gasteiger partial charge in [0.2, 0.25) is 0 Å². The molecule has 0 aliphatic rings. The molecule has 0 N–H and O–H groups in total. The molecule has 0 saturated heterocycles. The molecule has 0 radical (unpaired) electrons. The summed E-state index contributed by atoms with van der Waals surface area (Å²) in [5.41, 5.74) is 2.18. The first-order valence-electron chi connectivity index (χ1n) is 3.89. The van der Waals surface area contributed by atoms with E-state index in [1.54, 1.807) is 0 Å². The van der Waals surface area contributed by atoms with Gasteiger partial charge in [-0.25, -0.2) is 0 Å². The molecule has 2 rings (SSSR count). The highest BCUT2D eigenvalue weighted by Crippen LogP contribution is 2.21. The Balaban J connectivity index is 2.67. The lowest BCUT2D eigenvalue weighted by Crippen LogP contribution is -1.67. The van der Waals surface area contributed by atoms with Crippen molar-refractivity contribution in [2.75, 3.05) is 0 Å². The molecule has 62 valence electrons. The van der Waals surface area contributed by atoms with Crippen molar-refractivity contribution in [3.05, 3.63) is 35.6 Å².